The Kier molecular flexibility index (Phi) is 5.18. The van der Waals surface area contributed by atoms with Crippen molar-refractivity contribution in [3.05, 3.63) is 76.6 Å². The second kappa shape index (κ2) is 7.76. The number of halogens is 1. The zero-order valence-electron chi connectivity index (χ0n) is 16.2. The number of rotatable bonds is 3. The van der Waals surface area contributed by atoms with Crippen molar-refractivity contribution in [1.82, 2.24) is 4.90 Å². The number of hydrogen-bond donors (Lipinski definition) is 0. The van der Waals surface area contributed by atoms with Gasteiger partial charge in [-0.2, -0.15) is 0 Å². The van der Waals surface area contributed by atoms with E-state index >= 15 is 0 Å². The SMILES string of the molecule is Cc1cc(F)cc(C)c1C1=CC2COCC(C1)N2C(=O)OCc1ccccc1. The number of fused-ring (bicyclic) bond motifs is 2. The van der Waals surface area contributed by atoms with Crippen molar-refractivity contribution in [3.63, 3.8) is 0 Å². The predicted octanol–water partition coefficient (Wildman–Crippen LogP) is 4.64. The molecule has 4 nitrogen and oxygen atoms in total. The van der Waals surface area contributed by atoms with Crippen LogP contribution < -0.4 is 0 Å². The second-order valence-corrected chi connectivity index (χ2v) is 7.52. The zero-order chi connectivity index (χ0) is 19.7. The number of carbonyl (C=O) groups excluding carboxylic acids is 1. The molecule has 2 aliphatic heterocycles. The largest absolute Gasteiger partial charge is 0.445 e. The first kappa shape index (κ1) is 18.7. The Morgan fingerprint density at radius 2 is 1.89 bits per heavy atom. The lowest BCUT2D eigenvalue weighted by Gasteiger charge is -2.44. The van der Waals surface area contributed by atoms with Crippen molar-refractivity contribution in [2.45, 2.75) is 39.0 Å². The second-order valence-electron chi connectivity index (χ2n) is 7.52. The average molecular weight is 381 g/mol. The number of benzene rings is 2. The lowest BCUT2D eigenvalue weighted by Crippen LogP contribution is -2.56. The molecule has 0 saturated carbocycles. The smallest absolute Gasteiger partial charge is 0.411 e. The van der Waals surface area contributed by atoms with Crippen molar-refractivity contribution in [3.8, 4) is 0 Å². The molecule has 0 aromatic heterocycles. The summed E-state index contributed by atoms with van der Waals surface area (Å²) in [5.74, 6) is -0.218. The third kappa shape index (κ3) is 3.67. The minimum atomic E-state index is -0.315. The van der Waals surface area contributed by atoms with Crippen LogP contribution in [0.1, 0.15) is 28.7 Å². The fraction of sp³-hybridized carbons (Fsp3) is 0.348. The van der Waals surface area contributed by atoms with E-state index in [9.17, 15) is 9.18 Å². The fourth-order valence-electron chi connectivity index (χ4n) is 4.28. The molecule has 0 N–H and O–H groups in total. The lowest BCUT2D eigenvalue weighted by atomic mass is 9.86. The van der Waals surface area contributed by atoms with E-state index in [1.165, 1.54) is 0 Å². The molecule has 2 aromatic rings. The maximum atomic E-state index is 13.7. The van der Waals surface area contributed by atoms with Crippen LogP contribution in [0.3, 0.4) is 0 Å². The third-order valence-electron chi connectivity index (χ3n) is 5.43. The number of carbonyl (C=O) groups is 1. The molecular weight excluding hydrogens is 357 g/mol. The van der Waals surface area contributed by atoms with Gasteiger partial charge >= 0.3 is 6.09 Å². The molecule has 1 saturated heterocycles. The van der Waals surface area contributed by atoms with Crippen LogP contribution in [0.25, 0.3) is 5.57 Å². The molecule has 2 unspecified atom stereocenters. The van der Waals surface area contributed by atoms with Crippen molar-refractivity contribution in [2.75, 3.05) is 13.2 Å². The number of hydrogen-bond acceptors (Lipinski definition) is 3. The van der Waals surface area contributed by atoms with Gasteiger partial charge in [-0.15, -0.1) is 0 Å². The highest BCUT2D eigenvalue weighted by atomic mass is 19.1. The fourth-order valence-corrected chi connectivity index (χ4v) is 4.28. The summed E-state index contributed by atoms with van der Waals surface area (Å²) in [4.78, 5) is 14.6. The summed E-state index contributed by atoms with van der Waals surface area (Å²) in [6, 6.07) is 12.5. The van der Waals surface area contributed by atoms with E-state index in [0.29, 0.717) is 19.6 Å². The molecule has 0 spiro atoms. The summed E-state index contributed by atoms with van der Waals surface area (Å²) < 4.78 is 24.9. The standard InChI is InChI=1S/C23H24FNO3/c1-15-8-19(24)9-16(2)22(15)18-10-20-13-27-14-21(11-18)25(20)23(26)28-12-17-6-4-3-5-7-17/h3-10,20-21H,11-14H2,1-2H3. The van der Waals surface area contributed by atoms with Gasteiger partial charge in [0.1, 0.15) is 12.4 Å². The van der Waals surface area contributed by atoms with Gasteiger partial charge in [0.15, 0.2) is 0 Å². The molecule has 4 rings (SSSR count). The van der Waals surface area contributed by atoms with Crippen LogP contribution in [0.2, 0.25) is 0 Å². The van der Waals surface area contributed by atoms with Crippen LogP contribution in [0.5, 0.6) is 0 Å². The van der Waals surface area contributed by atoms with Gasteiger partial charge in [-0.1, -0.05) is 36.4 Å². The first-order valence-electron chi connectivity index (χ1n) is 9.57. The molecule has 2 heterocycles. The van der Waals surface area contributed by atoms with Gasteiger partial charge in [-0.3, -0.25) is 4.90 Å². The molecule has 146 valence electrons. The lowest BCUT2D eigenvalue weighted by molar-refractivity contribution is -0.0342. The van der Waals surface area contributed by atoms with Crippen molar-refractivity contribution in [1.29, 1.82) is 0 Å². The van der Waals surface area contributed by atoms with Gasteiger partial charge in [0.25, 0.3) is 0 Å². The highest BCUT2D eigenvalue weighted by molar-refractivity contribution is 5.76. The molecule has 2 aliphatic rings. The van der Waals surface area contributed by atoms with E-state index < -0.39 is 0 Å². The number of aryl methyl sites for hydroxylation is 2. The predicted molar refractivity (Wildman–Crippen MR) is 105 cm³/mol. The number of ether oxygens (including phenoxy) is 2. The van der Waals surface area contributed by atoms with E-state index in [1.54, 1.807) is 17.0 Å². The van der Waals surface area contributed by atoms with Gasteiger partial charge in [0.05, 0.1) is 25.3 Å². The molecule has 2 bridgehead atoms. The monoisotopic (exact) mass is 381 g/mol. The van der Waals surface area contributed by atoms with Gasteiger partial charge in [0, 0.05) is 0 Å². The van der Waals surface area contributed by atoms with Crippen LogP contribution in [0, 0.1) is 19.7 Å². The minimum Gasteiger partial charge on any atom is -0.445 e. The van der Waals surface area contributed by atoms with E-state index in [-0.39, 0.29) is 30.6 Å². The summed E-state index contributed by atoms with van der Waals surface area (Å²) in [6.45, 7) is 5.04. The van der Waals surface area contributed by atoms with E-state index in [0.717, 1.165) is 27.8 Å². The number of amides is 1. The first-order chi connectivity index (χ1) is 13.5. The summed E-state index contributed by atoms with van der Waals surface area (Å²) in [6.07, 6.45) is 2.43. The normalized spacial score (nSPS) is 21.2. The van der Waals surface area contributed by atoms with Gasteiger partial charge in [0.2, 0.25) is 0 Å². The van der Waals surface area contributed by atoms with Crippen LogP contribution in [0.15, 0.2) is 48.5 Å². The molecular formula is C23H24FNO3. The van der Waals surface area contributed by atoms with Crippen LogP contribution in [-0.4, -0.2) is 36.3 Å². The summed E-state index contributed by atoms with van der Waals surface area (Å²) >= 11 is 0. The van der Waals surface area contributed by atoms with Crippen molar-refractivity contribution >= 4 is 11.7 Å². The minimum absolute atomic E-state index is 0.0779. The molecule has 2 atom stereocenters. The van der Waals surface area contributed by atoms with Gasteiger partial charge in [-0.05, 0) is 60.2 Å². The van der Waals surface area contributed by atoms with Crippen molar-refractivity contribution < 1.29 is 18.7 Å². The summed E-state index contributed by atoms with van der Waals surface area (Å²) in [7, 11) is 0. The van der Waals surface area contributed by atoms with Crippen molar-refractivity contribution in [2.24, 2.45) is 0 Å². The van der Waals surface area contributed by atoms with Gasteiger partial charge in [-0.25, -0.2) is 9.18 Å². The molecule has 1 fully saturated rings. The Hall–Kier alpha value is -2.66. The Labute approximate surface area is 164 Å². The first-order valence-corrected chi connectivity index (χ1v) is 9.57. The average Bonchev–Trinajstić information content (AvgIpc) is 2.65. The Morgan fingerprint density at radius 3 is 2.57 bits per heavy atom. The topological polar surface area (TPSA) is 38.8 Å². The van der Waals surface area contributed by atoms with E-state index in [1.807, 2.05) is 44.2 Å². The molecule has 2 aromatic carbocycles. The van der Waals surface area contributed by atoms with E-state index in [4.69, 9.17) is 9.47 Å². The molecule has 0 radical (unpaired) electrons. The highest BCUT2D eigenvalue weighted by Crippen LogP contribution is 2.36. The Morgan fingerprint density at radius 1 is 1.18 bits per heavy atom. The molecule has 5 heteroatoms. The third-order valence-corrected chi connectivity index (χ3v) is 5.43. The number of morpholine rings is 1. The van der Waals surface area contributed by atoms with Gasteiger partial charge < -0.3 is 9.47 Å². The summed E-state index contributed by atoms with van der Waals surface area (Å²) in [5.41, 5.74) is 5.03. The summed E-state index contributed by atoms with van der Waals surface area (Å²) in [5, 5.41) is 0. The van der Waals surface area contributed by atoms with Crippen LogP contribution in [-0.2, 0) is 16.1 Å². The number of nitrogens with zero attached hydrogens (tertiary/aromatic N) is 1. The Bertz CT molecular complexity index is 886. The quantitative estimate of drug-likeness (QED) is 0.778. The molecule has 0 aliphatic carbocycles. The maximum absolute atomic E-state index is 13.7. The highest BCUT2D eigenvalue weighted by Gasteiger charge is 2.39. The van der Waals surface area contributed by atoms with E-state index in [2.05, 4.69) is 6.08 Å². The maximum Gasteiger partial charge on any atom is 0.411 e. The Balaban J connectivity index is 1.55. The molecule has 28 heavy (non-hydrogen) atoms. The van der Waals surface area contributed by atoms with Crippen LogP contribution in [0.4, 0.5) is 9.18 Å². The molecule has 1 amide bonds. The van der Waals surface area contributed by atoms with Crippen LogP contribution >= 0.6 is 0 Å². The zero-order valence-corrected chi connectivity index (χ0v) is 16.2.